The Labute approximate surface area is 176 Å². The quantitative estimate of drug-likeness (QED) is 0.603. The molecule has 2 saturated heterocycles. The van der Waals surface area contributed by atoms with Gasteiger partial charge in [0.25, 0.3) is 11.8 Å². The number of amides is 2. The van der Waals surface area contributed by atoms with Gasteiger partial charge in [0.2, 0.25) is 11.5 Å². The second kappa shape index (κ2) is 9.09. The van der Waals surface area contributed by atoms with E-state index in [0.717, 1.165) is 11.5 Å². The summed E-state index contributed by atoms with van der Waals surface area (Å²) in [6, 6.07) is 2.72. The van der Waals surface area contributed by atoms with E-state index in [-0.39, 0.29) is 13.0 Å². The van der Waals surface area contributed by atoms with Crippen molar-refractivity contribution >= 4 is 11.8 Å². The van der Waals surface area contributed by atoms with Crippen LogP contribution in [0.15, 0.2) is 12.1 Å². The number of methoxy groups -OCH3 is 3. The molecule has 2 atom stereocenters. The smallest absolute Gasteiger partial charge is 0.279 e. The lowest BCUT2D eigenvalue weighted by Crippen LogP contribution is -2.71. The number of unbranched alkanes of at least 4 members (excludes halogenated alkanes) is 1. The van der Waals surface area contributed by atoms with Crippen molar-refractivity contribution in [3.8, 4) is 17.2 Å². The molecule has 2 fully saturated rings. The number of benzene rings is 1. The van der Waals surface area contributed by atoms with Crippen LogP contribution in [0.4, 0.5) is 0 Å². The lowest BCUT2D eigenvalue weighted by molar-refractivity contribution is -0.285. The summed E-state index contributed by atoms with van der Waals surface area (Å²) in [6.07, 6.45) is 2.66. The van der Waals surface area contributed by atoms with Crippen molar-refractivity contribution < 1.29 is 33.7 Å². The zero-order valence-electron chi connectivity index (χ0n) is 18.0. The first kappa shape index (κ1) is 22.2. The first-order valence-electron chi connectivity index (χ1n) is 10.2. The van der Waals surface area contributed by atoms with Crippen molar-refractivity contribution in [2.45, 2.75) is 50.8 Å². The van der Waals surface area contributed by atoms with Crippen molar-refractivity contribution in [3.63, 3.8) is 0 Å². The van der Waals surface area contributed by atoms with E-state index in [0.29, 0.717) is 48.6 Å². The van der Waals surface area contributed by atoms with Crippen LogP contribution < -0.4 is 14.2 Å². The van der Waals surface area contributed by atoms with Crippen LogP contribution in [0.3, 0.4) is 0 Å². The Kier molecular flexibility index (Phi) is 6.72. The highest BCUT2D eigenvalue weighted by atomic mass is 16.7. The minimum absolute atomic E-state index is 0.177. The van der Waals surface area contributed by atoms with Crippen LogP contribution in [-0.4, -0.2) is 73.1 Å². The highest BCUT2D eigenvalue weighted by molar-refractivity contribution is 5.98. The molecule has 0 spiro atoms. The summed E-state index contributed by atoms with van der Waals surface area (Å²) in [7, 11) is 4.47. The van der Waals surface area contributed by atoms with Gasteiger partial charge in [0.1, 0.15) is 6.04 Å². The van der Waals surface area contributed by atoms with Crippen molar-refractivity contribution in [2.24, 2.45) is 0 Å². The summed E-state index contributed by atoms with van der Waals surface area (Å²) >= 11 is 0. The maximum absolute atomic E-state index is 13.3. The van der Waals surface area contributed by atoms with Gasteiger partial charge in [-0.25, -0.2) is 0 Å². The monoisotopic (exact) mass is 422 g/mol. The van der Waals surface area contributed by atoms with E-state index < -0.39 is 23.6 Å². The Hall–Kier alpha value is -2.52. The van der Waals surface area contributed by atoms with E-state index in [1.165, 1.54) is 26.2 Å². The molecule has 0 bridgehead atoms. The molecule has 1 N–H and O–H groups in total. The number of nitrogens with zero attached hydrogens (tertiary/aromatic N) is 2. The molecule has 9 nitrogen and oxygen atoms in total. The Balaban J connectivity index is 1.99. The van der Waals surface area contributed by atoms with Crippen LogP contribution in [0.25, 0.3) is 0 Å². The second-order valence-electron chi connectivity index (χ2n) is 7.50. The number of fused-ring (bicyclic) bond motifs is 1. The molecular formula is C21H30N2O7. The standard InChI is InChI=1S/C21H30N2O7/c1-5-6-10-30-23-19(24)15-8-7-9-22(15)20(25)21(23,26)13-14-11-16(27-2)18(29-4)17(12-14)28-3/h11-12,15,26H,5-10,13H2,1-4H3/t15-,21-/m0/s1. The fourth-order valence-electron chi connectivity index (χ4n) is 4.04. The Bertz CT molecular complexity index is 775. The average molecular weight is 422 g/mol. The summed E-state index contributed by atoms with van der Waals surface area (Å²) in [5.41, 5.74) is -1.62. The van der Waals surface area contributed by atoms with Crippen LogP contribution in [0.2, 0.25) is 0 Å². The summed E-state index contributed by atoms with van der Waals surface area (Å²) in [5.74, 6) is 0.260. The molecule has 0 aliphatic carbocycles. The predicted molar refractivity (Wildman–Crippen MR) is 107 cm³/mol. The molecule has 1 aromatic rings. The number of hydroxylamine groups is 2. The van der Waals surface area contributed by atoms with Crippen LogP contribution in [-0.2, 0) is 20.8 Å². The lowest BCUT2D eigenvalue weighted by atomic mass is 9.96. The zero-order valence-corrected chi connectivity index (χ0v) is 18.0. The maximum Gasteiger partial charge on any atom is 0.279 e. The van der Waals surface area contributed by atoms with Crippen LogP contribution >= 0.6 is 0 Å². The summed E-state index contributed by atoms with van der Waals surface area (Å²) in [4.78, 5) is 33.5. The number of aliphatic hydroxyl groups is 1. The van der Waals surface area contributed by atoms with E-state index in [9.17, 15) is 14.7 Å². The summed E-state index contributed by atoms with van der Waals surface area (Å²) in [5, 5.41) is 12.4. The first-order chi connectivity index (χ1) is 14.4. The molecule has 0 unspecified atom stereocenters. The topological polar surface area (TPSA) is 97.8 Å². The highest BCUT2D eigenvalue weighted by Gasteiger charge is 2.58. The molecule has 30 heavy (non-hydrogen) atoms. The molecule has 0 radical (unpaired) electrons. The number of hydrogen-bond donors (Lipinski definition) is 1. The Morgan fingerprint density at radius 3 is 2.37 bits per heavy atom. The van der Waals surface area contributed by atoms with Gasteiger partial charge in [0, 0.05) is 13.0 Å². The predicted octanol–water partition coefficient (Wildman–Crippen LogP) is 1.51. The van der Waals surface area contributed by atoms with Crippen LogP contribution in [0, 0.1) is 0 Å². The van der Waals surface area contributed by atoms with Crippen LogP contribution in [0.1, 0.15) is 38.2 Å². The van der Waals surface area contributed by atoms with Crippen molar-refractivity contribution in [3.05, 3.63) is 17.7 Å². The van der Waals surface area contributed by atoms with E-state index in [2.05, 4.69) is 0 Å². The highest BCUT2D eigenvalue weighted by Crippen LogP contribution is 2.40. The average Bonchev–Trinajstić information content (AvgIpc) is 3.24. The molecule has 2 aliphatic heterocycles. The molecule has 2 amide bonds. The normalized spacial score (nSPS) is 23.6. The number of ether oxygens (including phenoxy) is 3. The minimum atomic E-state index is -2.16. The molecule has 0 saturated carbocycles. The summed E-state index contributed by atoms with van der Waals surface area (Å²) in [6.45, 7) is 2.67. The van der Waals surface area contributed by atoms with E-state index >= 15 is 0 Å². The van der Waals surface area contributed by atoms with Gasteiger partial charge in [-0.05, 0) is 37.0 Å². The van der Waals surface area contributed by atoms with Crippen molar-refractivity contribution in [2.75, 3.05) is 34.5 Å². The number of carbonyl (C=O) groups is 2. The van der Waals surface area contributed by atoms with Gasteiger partial charge in [0.05, 0.1) is 27.9 Å². The largest absolute Gasteiger partial charge is 0.493 e. The number of rotatable bonds is 9. The third-order valence-electron chi connectivity index (χ3n) is 5.57. The van der Waals surface area contributed by atoms with Crippen molar-refractivity contribution in [1.82, 2.24) is 9.96 Å². The van der Waals surface area contributed by atoms with Gasteiger partial charge >= 0.3 is 0 Å². The molecule has 0 aromatic heterocycles. The molecular weight excluding hydrogens is 392 g/mol. The SMILES string of the molecule is CCCCON1C(=O)[C@@H]2CCCN2C(=O)[C@@]1(O)Cc1cc(OC)c(OC)c(OC)c1. The third-order valence-corrected chi connectivity index (χ3v) is 5.57. The Morgan fingerprint density at radius 2 is 1.80 bits per heavy atom. The first-order valence-corrected chi connectivity index (χ1v) is 10.2. The second-order valence-corrected chi connectivity index (χ2v) is 7.50. The van der Waals surface area contributed by atoms with E-state index in [1.807, 2.05) is 6.92 Å². The number of piperazine rings is 1. The van der Waals surface area contributed by atoms with E-state index in [1.54, 1.807) is 12.1 Å². The fourth-order valence-corrected chi connectivity index (χ4v) is 4.04. The van der Waals surface area contributed by atoms with Gasteiger partial charge in [0.15, 0.2) is 11.5 Å². The lowest BCUT2D eigenvalue weighted by Gasteiger charge is -2.46. The minimum Gasteiger partial charge on any atom is -0.493 e. The van der Waals surface area contributed by atoms with Gasteiger partial charge in [-0.15, -0.1) is 0 Å². The number of hydrogen-bond acceptors (Lipinski definition) is 7. The molecule has 9 heteroatoms. The fraction of sp³-hybridized carbons (Fsp3) is 0.619. The van der Waals surface area contributed by atoms with Gasteiger partial charge in [-0.3, -0.25) is 14.4 Å². The van der Waals surface area contributed by atoms with Gasteiger partial charge in [-0.1, -0.05) is 13.3 Å². The van der Waals surface area contributed by atoms with Gasteiger partial charge in [-0.2, -0.15) is 5.06 Å². The van der Waals surface area contributed by atoms with E-state index in [4.69, 9.17) is 19.0 Å². The number of carbonyl (C=O) groups excluding carboxylic acids is 2. The molecule has 1 aromatic carbocycles. The molecule has 3 rings (SSSR count). The maximum atomic E-state index is 13.3. The zero-order chi connectivity index (χ0) is 21.9. The van der Waals surface area contributed by atoms with Crippen molar-refractivity contribution in [1.29, 1.82) is 0 Å². The molecule has 2 aliphatic rings. The third kappa shape index (κ3) is 3.79. The van der Waals surface area contributed by atoms with Gasteiger partial charge < -0.3 is 24.2 Å². The molecule has 166 valence electrons. The summed E-state index contributed by atoms with van der Waals surface area (Å²) < 4.78 is 16.1. The molecule has 2 heterocycles. The Morgan fingerprint density at radius 1 is 1.13 bits per heavy atom. The van der Waals surface area contributed by atoms with Crippen LogP contribution in [0.5, 0.6) is 17.2 Å².